The van der Waals surface area contributed by atoms with Crippen molar-refractivity contribution >= 4 is 20.2 Å². The summed E-state index contributed by atoms with van der Waals surface area (Å²) in [4.78, 5) is 0. The third-order valence-corrected chi connectivity index (χ3v) is 16.6. The Bertz CT molecular complexity index is 1430. The highest BCUT2D eigenvalue weighted by Gasteiger charge is 2.66. The van der Waals surface area contributed by atoms with E-state index in [2.05, 4.69) is 55.9 Å². The van der Waals surface area contributed by atoms with Gasteiger partial charge in [-0.25, -0.2) is 0 Å². The third-order valence-electron chi connectivity index (χ3n) is 15.5. The molecule has 3 unspecified atom stereocenters. The molecule has 0 aromatic carbocycles. The summed E-state index contributed by atoms with van der Waals surface area (Å²) < 4.78 is 83.6. The van der Waals surface area contributed by atoms with Crippen LogP contribution in [-0.4, -0.2) is 115 Å². The summed E-state index contributed by atoms with van der Waals surface area (Å²) >= 11 is 0. The van der Waals surface area contributed by atoms with Gasteiger partial charge in [0.15, 0.2) is 0 Å². The number of rotatable bonds is 32. The first kappa shape index (κ1) is 52.2. The van der Waals surface area contributed by atoms with Gasteiger partial charge in [0, 0.05) is 25.2 Å². The summed E-state index contributed by atoms with van der Waals surface area (Å²) in [5.74, 6) is 2.10. The second kappa shape index (κ2) is 25.9. The highest BCUT2D eigenvalue weighted by atomic mass is 32.2. The molecule has 0 spiro atoms. The molecule has 60 heavy (non-hydrogen) atoms. The predicted molar refractivity (Wildman–Crippen MR) is 241 cm³/mol. The van der Waals surface area contributed by atoms with Crippen LogP contribution >= 0.6 is 0 Å². The average Bonchev–Trinajstić information content (AvgIpc) is 3.55. The van der Waals surface area contributed by atoms with E-state index in [1.165, 1.54) is 64.2 Å². The molecule has 4 aliphatic carbocycles. The normalized spacial score (nSPS) is 32.4. The number of fused-ring (bicyclic) bond motifs is 5. The lowest BCUT2D eigenvalue weighted by atomic mass is 9.43. The van der Waals surface area contributed by atoms with Gasteiger partial charge in [0.2, 0.25) is 0 Å². The second-order valence-corrected chi connectivity index (χ2v) is 22.5. The lowest BCUT2D eigenvalue weighted by Gasteiger charge is -2.65. The molecule has 0 amide bonds. The quantitative estimate of drug-likeness (QED) is 0.0299. The van der Waals surface area contributed by atoms with Crippen LogP contribution in [0.2, 0.25) is 0 Å². The van der Waals surface area contributed by atoms with Crippen molar-refractivity contribution in [3.8, 4) is 0 Å². The molecule has 0 aromatic heterocycles. The monoisotopic (exact) mass is 893 g/mol. The van der Waals surface area contributed by atoms with Crippen LogP contribution in [0.4, 0.5) is 0 Å². The Morgan fingerprint density at radius 1 is 0.650 bits per heavy atom. The van der Waals surface area contributed by atoms with E-state index in [-0.39, 0.29) is 29.1 Å². The first-order valence-corrected chi connectivity index (χ1v) is 27.4. The van der Waals surface area contributed by atoms with Crippen LogP contribution in [0, 0.1) is 46.3 Å². The first-order chi connectivity index (χ1) is 28.6. The largest absolute Gasteiger partial charge is 0.378 e. The Hall–Kier alpha value is -0.460. The van der Waals surface area contributed by atoms with Crippen LogP contribution in [-0.2, 0) is 34.4 Å². The van der Waals surface area contributed by atoms with Crippen molar-refractivity contribution in [3.63, 3.8) is 0 Å². The lowest BCUT2D eigenvalue weighted by Crippen LogP contribution is -2.63. The molecular formula is C45H88N4O9S2. The average molecular weight is 893 g/mol. The zero-order valence-electron chi connectivity index (χ0n) is 38.3. The number of ether oxygens (including phenoxy) is 3. The van der Waals surface area contributed by atoms with Gasteiger partial charge in [0.05, 0.1) is 18.3 Å². The Balaban J connectivity index is 1.48. The summed E-state index contributed by atoms with van der Waals surface area (Å²) in [6.07, 6.45) is 20.7. The molecule has 15 heteroatoms. The summed E-state index contributed by atoms with van der Waals surface area (Å²) in [5.41, 5.74) is 0.187. The predicted octanol–water partition coefficient (Wildman–Crippen LogP) is 7.04. The number of hydrogen-bond donors (Lipinski definition) is 6. The van der Waals surface area contributed by atoms with Crippen LogP contribution in [0.3, 0.4) is 0 Å². The van der Waals surface area contributed by atoms with Crippen molar-refractivity contribution in [2.75, 3.05) is 70.8 Å². The van der Waals surface area contributed by atoms with E-state index >= 15 is 0 Å². The number of unbranched alkanes of at least 4 members (excludes halogenated alkanes) is 5. The Labute approximate surface area is 366 Å². The maximum atomic E-state index is 11.3. The van der Waals surface area contributed by atoms with Crippen molar-refractivity contribution in [2.45, 2.75) is 169 Å². The molecule has 0 saturated heterocycles. The number of hydrogen-bond acceptors (Lipinski definition) is 11. The van der Waals surface area contributed by atoms with Crippen LogP contribution < -0.4 is 21.3 Å². The minimum absolute atomic E-state index is 0.0518. The summed E-state index contributed by atoms with van der Waals surface area (Å²) in [6.45, 7) is 19.0. The topological polar surface area (TPSA) is 185 Å². The summed E-state index contributed by atoms with van der Waals surface area (Å²) in [5, 5.41) is 12.9. The number of nitrogens with one attached hydrogen (secondary N) is 4. The molecule has 4 saturated carbocycles. The molecule has 0 radical (unpaired) electrons. The van der Waals surface area contributed by atoms with Gasteiger partial charge >= 0.3 is 0 Å². The summed E-state index contributed by atoms with van der Waals surface area (Å²) in [7, 11) is -8.11. The molecule has 0 aliphatic heterocycles. The van der Waals surface area contributed by atoms with Gasteiger partial charge in [-0.3, -0.25) is 9.11 Å². The molecule has 0 heterocycles. The second-order valence-electron chi connectivity index (χ2n) is 19.6. The van der Waals surface area contributed by atoms with Gasteiger partial charge in [0.25, 0.3) is 20.2 Å². The van der Waals surface area contributed by atoms with Gasteiger partial charge in [-0.1, -0.05) is 66.7 Å². The minimum atomic E-state index is -4.07. The SMILES string of the molecule is CCCCCCCCNCCC[C@@H](C)[C@H]1CC[C@H]2C3C(OCCCNCS(=O)(=O)O)C[C@@H]4C[C@H](OCCCNCS(=O)(=O)O)CC[C@]4(C)C3C[C@H](OCCCNCC)[C@]12C. The molecular weight excluding hydrogens is 805 g/mol. The molecule has 4 rings (SSSR count). The first-order valence-electron chi connectivity index (χ1n) is 24.2. The Morgan fingerprint density at radius 2 is 1.25 bits per heavy atom. The molecule has 4 aliphatic rings. The van der Waals surface area contributed by atoms with Crippen molar-refractivity contribution in [2.24, 2.45) is 46.3 Å². The highest BCUT2D eigenvalue weighted by Crippen LogP contribution is 2.69. The Kier molecular flexibility index (Phi) is 22.5. The van der Waals surface area contributed by atoms with Crippen LogP contribution in [0.1, 0.15) is 150 Å². The smallest absolute Gasteiger partial charge is 0.278 e. The maximum Gasteiger partial charge on any atom is 0.278 e. The van der Waals surface area contributed by atoms with E-state index in [0.29, 0.717) is 74.7 Å². The zero-order chi connectivity index (χ0) is 43.7. The van der Waals surface area contributed by atoms with E-state index < -0.39 is 32.0 Å². The van der Waals surface area contributed by atoms with Gasteiger partial charge < -0.3 is 35.5 Å². The van der Waals surface area contributed by atoms with Crippen LogP contribution in [0.15, 0.2) is 0 Å². The fraction of sp³-hybridized carbons (Fsp3) is 1.00. The van der Waals surface area contributed by atoms with Gasteiger partial charge in [0.1, 0.15) is 11.8 Å². The van der Waals surface area contributed by atoms with Crippen molar-refractivity contribution < 1.29 is 40.2 Å². The van der Waals surface area contributed by atoms with Crippen molar-refractivity contribution in [1.29, 1.82) is 0 Å². The maximum absolute atomic E-state index is 11.3. The zero-order valence-corrected chi connectivity index (χ0v) is 39.9. The highest BCUT2D eigenvalue weighted by molar-refractivity contribution is 7.85. The third kappa shape index (κ3) is 15.9. The van der Waals surface area contributed by atoms with E-state index in [4.69, 9.17) is 18.8 Å². The summed E-state index contributed by atoms with van der Waals surface area (Å²) in [6, 6.07) is 0. The Morgan fingerprint density at radius 3 is 1.92 bits per heavy atom. The lowest BCUT2D eigenvalue weighted by molar-refractivity contribution is -0.227. The van der Waals surface area contributed by atoms with Gasteiger partial charge in [-0.15, -0.1) is 0 Å². The van der Waals surface area contributed by atoms with Crippen LogP contribution in [0.5, 0.6) is 0 Å². The molecule has 4 fully saturated rings. The van der Waals surface area contributed by atoms with Crippen LogP contribution in [0.25, 0.3) is 0 Å². The molecule has 13 nitrogen and oxygen atoms in total. The van der Waals surface area contributed by atoms with E-state index in [1.807, 2.05) is 0 Å². The van der Waals surface area contributed by atoms with E-state index in [0.717, 1.165) is 71.3 Å². The molecule has 354 valence electrons. The van der Waals surface area contributed by atoms with Crippen molar-refractivity contribution in [3.05, 3.63) is 0 Å². The van der Waals surface area contributed by atoms with E-state index in [9.17, 15) is 21.4 Å². The minimum Gasteiger partial charge on any atom is -0.378 e. The van der Waals surface area contributed by atoms with Gasteiger partial charge in [-0.2, -0.15) is 16.8 Å². The fourth-order valence-corrected chi connectivity index (χ4v) is 13.2. The standard InChI is InChI=1S/C45H88N4O9S2/c1-6-8-9-10-11-12-22-47-23-13-17-35(3)38-18-19-39-43-40(32-42(45(38,39)5)58-29-14-24-46-7-2)44(4)21-20-37(56-27-15-25-48-33-59(50,51)52)30-36(44)31-41(43)57-28-16-26-49-34-60(53,54)55/h35-43,46-49H,6-34H2,1-5H3,(H,50,51,52)(H,53,54,55)/t35-,36+,37-,38-,39+,40?,41?,42+,43?,44+,45-/m1/s1. The van der Waals surface area contributed by atoms with Gasteiger partial charge in [-0.05, 0) is 164 Å². The molecule has 0 bridgehead atoms. The van der Waals surface area contributed by atoms with Crippen molar-refractivity contribution in [1.82, 2.24) is 21.3 Å². The molecule has 11 atom stereocenters. The molecule has 0 aromatic rings. The van der Waals surface area contributed by atoms with E-state index in [1.54, 1.807) is 0 Å². The molecule has 6 N–H and O–H groups in total. The fourth-order valence-electron chi connectivity index (χ4n) is 12.4.